The van der Waals surface area contributed by atoms with E-state index in [2.05, 4.69) is 32.7 Å². The fourth-order valence-corrected chi connectivity index (χ4v) is 2.35. The Morgan fingerprint density at radius 3 is 2.40 bits per heavy atom. The lowest BCUT2D eigenvalue weighted by molar-refractivity contribution is -0.137. The number of nitrogens with zero attached hydrogens (tertiary/aromatic N) is 2. The van der Waals surface area contributed by atoms with Crippen LogP contribution in [-0.4, -0.2) is 20.6 Å². The van der Waals surface area contributed by atoms with Crippen LogP contribution in [-0.2, 0) is 17.8 Å². The molecule has 1 aromatic heterocycles. The van der Waals surface area contributed by atoms with Gasteiger partial charge in [0.25, 0.3) is 0 Å². The van der Waals surface area contributed by atoms with Crippen molar-refractivity contribution in [2.75, 3.05) is 0 Å². The molecule has 1 aromatic carbocycles. The van der Waals surface area contributed by atoms with Gasteiger partial charge in [-0.3, -0.25) is 4.79 Å². The highest BCUT2D eigenvalue weighted by Gasteiger charge is 2.19. The van der Waals surface area contributed by atoms with Crippen LogP contribution in [0.3, 0.4) is 0 Å². The first kappa shape index (κ1) is 14.6. The van der Waals surface area contributed by atoms with Crippen molar-refractivity contribution in [2.24, 2.45) is 5.41 Å². The van der Waals surface area contributed by atoms with Gasteiger partial charge in [0.2, 0.25) is 0 Å². The number of carboxylic acids is 1. The Morgan fingerprint density at radius 2 is 1.85 bits per heavy atom. The maximum atomic E-state index is 11.1. The number of fused-ring (bicyclic) bond motifs is 1. The number of hydrogen-bond donors (Lipinski definition) is 1. The fourth-order valence-electron chi connectivity index (χ4n) is 2.35. The summed E-state index contributed by atoms with van der Waals surface area (Å²) in [5.74, 6) is 0.0117. The van der Waals surface area contributed by atoms with Crippen molar-refractivity contribution in [3.05, 3.63) is 29.1 Å². The van der Waals surface area contributed by atoms with Crippen molar-refractivity contribution in [3.8, 4) is 0 Å². The van der Waals surface area contributed by atoms with E-state index in [1.807, 2.05) is 23.6 Å². The third-order valence-electron chi connectivity index (χ3n) is 3.42. The summed E-state index contributed by atoms with van der Waals surface area (Å²) in [5.41, 5.74) is 4.20. The van der Waals surface area contributed by atoms with E-state index in [1.54, 1.807) is 0 Å². The minimum Gasteiger partial charge on any atom is -0.480 e. The summed E-state index contributed by atoms with van der Waals surface area (Å²) >= 11 is 0. The Hall–Kier alpha value is -1.84. The van der Waals surface area contributed by atoms with Crippen LogP contribution in [0, 0.1) is 19.3 Å². The van der Waals surface area contributed by atoms with E-state index in [-0.39, 0.29) is 12.0 Å². The average Bonchev–Trinajstić information content (AvgIpc) is 2.55. The summed E-state index contributed by atoms with van der Waals surface area (Å²) in [6.45, 7) is 10.4. The third kappa shape index (κ3) is 3.00. The number of aryl methyl sites for hydroxylation is 2. The Bertz CT molecular complexity index is 663. The molecular formula is C16H22N2O2. The predicted octanol–water partition coefficient (Wildman–Crippen LogP) is 3.33. The SMILES string of the molecule is Cc1cc2nc(CC(C)(C)C)n(CC(=O)O)c2cc1C. The van der Waals surface area contributed by atoms with Gasteiger partial charge in [0.05, 0.1) is 11.0 Å². The van der Waals surface area contributed by atoms with Gasteiger partial charge >= 0.3 is 5.97 Å². The van der Waals surface area contributed by atoms with Gasteiger partial charge in [-0.15, -0.1) is 0 Å². The number of imidazole rings is 1. The lowest BCUT2D eigenvalue weighted by Crippen LogP contribution is -2.17. The van der Waals surface area contributed by atoms with Gasteiger partial charge in [-0.2, -0.15) is 0 Å². The zero-order valence-electron chi connectivity index (χ0n) is 12.8. The molecule has 0 aliphatic carbocycles. The summed E-state index contributed by atoms with van der Waals surface area (Å²) in [4.78, 5) is 15.8. The molecule has 108 valence electrons. The number of carboxylic acid groups (broad SMARTS) is 1. The second-order valence-corrected chi connectivity index (χ2v) is 6.67. The number of benzene rings is 1. The molecule has 4 heteroatoms. The van der Waals surface area contributed by atoms with Crippen LogP contribution < -0.4 is 0 Å². The Balaban J connectivity index is 2.63. The molecule has 2 rings (SSSR count). The van der Waals surface area contributed by atoms with Crippen molar-refractivity contribution in [3.63, 3.8) is 0 Å². The number of carbonyl (C=O) groups is 1. The quantitative estimate of drug-likeness (QED) is 0.934. The summed E-state index contributed by atoms with van der Waals surface area (Å²) in [6, 6.07) is 4.07. The molecule has 1 heterocycles. The molecule has 20 heavy (non-hydrogen) atoms. The van der Waals surface area contributed by atoms with E-state index in [0.29, 0.717) is 0 Å². The van der Waals surface area contributed by atoms with Gasteiger partial charge in [0.1, 0.15) is 12.4 Å². The smallest absolute Gasteiger partial charge is 0.323 e. The first-order valence-corrected chi connectivity index (χ1v) is 6.85. The van der Waals surface area contributed by atoms with E-state index in [9.17, 15) is 4.79 Å². The number of aromatic nitrogens is 2. The Morgan fingerprint density at radius 1 is 1.25 bits per heavy atom. The zero-order valence-corrected chi connectivity index (χ0v) is 12.8. The highest BCUT2D eigenvalue weighted by Crippen LogP contribution is 2.25. The topological polar surface area (TPSA) is 55.1 Å². The van der Waals surface area contributed by atoms with Gasteiger partial charge in [0, 0.05) is 6.42 Å². The summed E-state index contributed by atoms with van der Waals surface area (Å²) in [5, 5.41) is 9.14. The van der Waals surface area contributed by atoms with Crippen molar-refractivity contribution >= 4 is 17.0 Å². The van der Waals surface area contributed by atoms with Gasteiger partial charge < -0.3 is 9.67 Å². The number of hydrogen-bond acceptors (Lipinski definition) is 2. The maximum absolute atomic E-state index is 11.1. The van der Waals surface area contributed by atoms with Crippen LogP contribution in [0.4, 0.5) is 0 Å². The van der Waals surface area contributed by atoms with Gasteiger partial charge in [-0.1, -0.05) is 20.8 Å². The van der Waals surface area contributed by atoms with Gasteiger partial charge in [0.15, 0.2) is 0 Å². The molecule has 0 atom stereocenters. The highest BCUT2D eigenvalue weighted by molar-refractivity contribution is 5.80. The van der Waals surface area contributed by atoms with E-state index < -0.39 is 5.97 Å². The minimum atomic E-state index is -0.835. The average molecular weight is 274 g/mol. The zero-order chi connectivity index (χ0) is 15.1. The van der Waals surface area contributed by atoms with Crippen LogP contribution in [0.25, 0.3) is 11.0 Å². The molecule has 0 fully saturated rings. The largest absolute Gasteiger partial charge is 0.480 e. The van der Waals surface area contributed by atoms with Crippen LogP contribution in [0.1, 0.15) is 37.7 Å². The van der Waals surface area contributed by atoms with Crippen molar-refractivity contribution in [2.45, 2.75) is 47.6 Å². The van der Waals surface area contributed by atoms with E-state index in [4.69, 9.17) is 5.11 Å². The molecule has 0 aliphatic heterocycles. The first-order chi connectivity index (χ1) is 9.17. The van der Waals surface area contributed by atoms with Crippen LogP contribution in [0.5, 0.6) is 0 Å². The minimum absolute atomic E-state index is 0.0373. The summed E-state index contributed by atoms with van der Waals surface area (Å²) in [6.07, 6.45) is 0.757. The van der Waals surface area contributed by atoms with Gasteiger partial charge in [-0.05, 0) is 42.5 Å². The number of rotatable bonds is 3. The summed E-state index contributed by atoms with van der Waals surface area (Å²) in [7, 11) is 0. The summed E-state index contributed by atoms with van der Waals surface area (Å²) < 4.78 is 1.83. The third-order valence-corrected chi connectivity index (χ3v) is 3.42. The lowest BCUT2D eigenvalue weighted by Gasteiger charge is -2.18. The molecule has 0 radical (unpaired) electrons. The van der Waals surface area contributed by atoms with Crippen LogP contribution in [0.15, 0.2) is 12.1 Å². The predicted molar refractivity (Wildman–Crippen MR) is 80.0 cm³/mol. The first-order valence-electron chi connectivity index (χ1n) is 6.85. The van der Waals surface area contributed by atoms with E-state index in [1.165, 1.54) is 5.56 Å². The molecule has 4 nitrogen and oxygen atoms in total. The Kier molecular flexibility index (Phi) is 3.59. The standard InChI is InChI=1S/C16H22N2O2/c1-10-6-12-13(7-11(10)2)18(9-15(19)20)14(17-12)8-16(3,4)5/h6-7H,8-9H2,1-5H3,(H,19,20). The van der Waals surface area contributed by atoms with Crippen molar-refractivity contribution in [1.29, 1.82) is 0 Å². The molecule has 0 saturated heterocycles. The van der Waals surface area contributed by atoms with Crippen LogP contribution in [0.2, 0.25) is 0 Å². The van der Waals surface area contributed by atoms with Crippen molar-refractivity contribution in [1.82, 2.24) is 9.55 Å². The van der Waals surface area contributed by atoms with E-state index >= 15 is 0 Å². The fraction of sp³-hybridized carbons (Fsp3) is 0.500. The van der Waals surface area contributed by atoms with Crippen LogP contribution >= 0.6 is 0 Å². The second kappa shape index (κ2) is 4.93. The normalized spacial score (nSPS) is 12.1. The molecule has 0 aliphatic rings. The monoisotopic (exact) mass is 274 g/mol. The number of aliphatic carboxylic acids is 1. The Labute approximate surface area is 119 Å². The highest BCUT2D eigenvalue weighted by atomic mass is 16.4. The van der Waals surface area contributed by atoms with E-state index in [0.717, 1.165) is 28.8 Å². The molecule has 0 unspecified atom stereocenters. The van der Waals surface area contributed by atoms with Crippen molar-refractivity contribution < 1.29 is 9.90 Å². The molecule has 0 saturated carbocycles. The second-order valence-electron chi connectivity index (χ2n) is 6.67. The molecule has 0 spiro atoms. The maximum Gasteiger partial charge on any atom is 0.323 e. The molecule has 1 N–H and O–H groups in total. The molecule has 0 bridgehead atoms. The van der Waals surface area contributed by atoms with Gasteiger partial charge in [-0.25, -0.2) is 4.98 Å². The molecule has 2 aromatic rings. The molecule has 0 amide bonds. The lowest BCUT2D eigenvalue weighted by atomic mass is 9.92. The molecular weight excluding hydrogens is 252 g/mol.